The molecule has 4 heteroatoms. The molecule has 23 heavy (non-hydrogen) atoms. The highest BCUT2D eigenvalue weighted by Gasteiger charge is 2.19. The number of ether oxygens (including phenoxy) is 1. The van der Waals surface area contributed by atoms with Crippen molar-refractivity contribution >= 4 is 5.97 Å². The van der Waals surface area contributed by atoms with E-state index in [9.17, 15) is 14.3 Å². The van der Waals surface area contributed by atoms with E-state index in [0.29, 0.717) is 25.0 Å². The third kappa shape index (κ3) is 5.40. The third-order valence-electron chi connectivity index (χ3n) is 3.73. The van der Waals surface area contributed by atoms with Crippen molar-refractivity contribution in [3.63, 3.8) is 0 Å². The topological polar surface area (TPSA) is 46.5 Å². The molecule has 2 aromatic carbocycles. The number of hydrogen-bond acceptors (Lipinski definition) is 2. The number of aliphatic carboxylic acids is 1. The minimum Gasteiger partial charge on any atom is -0.494 e. The molecule has 0 amide bonds. The Bertz CT molecular complexity index is 637. The van der Waals surface area contributed by atoms with E-state index in [2.05, 4.69) is 0 Å². The normalized spacial score (nSPS) is 11.9. The predicted octanol–water partition coefficient (Wildman–Crippen LogP) is 4.55. The summed E-state index contributed by atoms with van der Waals surface area (Å²) < 4.78 is 18.9. The van der Waals surface area contributed by atoms with Crippen molar-refractivity contribution < 1.29 is 19.0 Å². The highest BCUT2D eigenvalue weighted by atomic mass is 19.1. The summed E-state index contributed by atoms with van der Waals surface area (Å²) >= 11 is 0. The van der Waals surface area contributed by atoms with Crippen molar-refractivity contribution in [2.75, 3.05) is 6.61 Å². The summed E-state index contributed by atoms with van der Waals surface area (Å²) in [6.45, 7) is 2.56. The molecule has 0 heterocycles. The van der Waals surface area contributed by atoms with Crippen LogP contribution in [-0.4, -0.2) is 17.7 Å². The molecule has 0 aliphatic heterocycles. The molecule has 1 N–H and O–H groups in total. The van der Waals surface area contributed by atoms with E-state index in [-0.39, 0.29) is 0 Å². The molecular formula is C19H21FO3. The average molecular weight is 316 g/mol. The van der Waals surface area contributed by atoms with Gasteiger partial charge in [-0.2, -0.15) is 0 Å². The number of carboxylic acid groups (broad SMARTS) is 1. The van der Waals surface area contributed by atoms with E-state index < -0.39 is 17.7 Å². The van der Waals surface area contributed by atoms with Crippen LogP contribution in [0.4, 0.5) is 4.39 Å². The Morgan fingerprint density at radius 2 is 1.91 bits per heavy atom. The van der Waals surface area contributed by atoms with Gasteiger partial charge < -0.3 is 9.84 Å². The summed E-state index contributed by atoms with van der Waals surface area (Å²) in [5.74, 6) is -1.19. The zero-order valence-electron chi connectivity index (χ0n) is 13.2. The van der Waals surface area contributed by atoms with Crippen LogP contribution in [0, 0.1) is 12.7 Å². The molecule has 0 aromatic heterocycles. The van der Waals surface area contributed by atoms with Crippen molar-refractivity contribution in [3.05, 3.63) is 65.5 Å². The average Bonchev–Trinajstić information content (AvgIpc) is 2.52. The Balaban J connectivity index is 1.79. The number of carbonyl (C=O) groups is 1. The first kappa shape index (κ1) is 17.0. The third-order valence-corrected chi connectivity index (χ3v) is 3.73. The van der Waals surface area contributed by atoms with Gasteiger partial charge >= 0.3 is 5.97 Å². The largest absolute Gasteiger partial charge is 0.494 e. The van der Waals surface area contributed by atoms with Gasteiger partial charge in [0, 0.05) is 0 Å². The first-order valence-electron chi connectivity index (χ1n) is 7.74. The van der Waals surface area contributed by atoms with Gasteiger partial charge in [-0.1, -0.05) is 29.8 Å². The van der Waals surface area contributed by atoms with Crippen molar-refractivity contribution in [1.29, 1.82) is 0 Å². The summed E-state index contributed by atoms with van der Waals surface area (Å²) in [6, 6.07) is 13.6. The van der Waals surface area contributed by atoms with Gasteiger partial charge in [0.25, 0.3) is 0 Å². The number of halogens is 1. The molecule has 0 aliphatic carbocycles. The van der Waals surface area contributed by atoms with Crippen molar-refractivity contribution in [2.24, 2.45) is 0 Å². The second-order valence-electron chi connectivity index (χ2n) is 5.60. The van der Waals surface area contributed by atoms with Gasteiger partial charge in [0.2, 0.25) is 0 Å². The maximum atomic E-state index is 13.2. The maximum absolute atomic E-state index is 13.2. The number of rotatable bonds is 8. The second kappa shape index (κ2) is 8.32. The Labute approximate surface area is 135 Å². The summed E-state index contributed by atoms with van der Waals surface area (Å²) in [4.78, 5) is 11.4. The van der Waals surface area contributed by atoms with Crippen LogP contribution >= 0.6 is 0 Å². The van der Waals surface area contributed by atoms with E-state index in [1.165, 1.54) is 17.7 Å². The Morgan fingerprint density at radius 3 is 2.57 bits per heavy atom. The molecule has 0 saturated carbocycles. The van der Waals surface area contributed by atoms with E-state index >= 15 is 0 Å². The summed E-state index contributed by atoms with van der Waals surface area (Å²) in [6.07, 6.45) is 1.93. The Kier molecular flexibility index (Phi) is 6.15. The van der Waals surface area contributed by atoms with Crippen LogP contribution in [-0.2, 0) is 4.79 Å². The highest BCUT2D eigenvalue weighted by Crippen LogP contribution is 2.23. The van der Waals surface area contributed by atoms with E-state index in [1.807, 2.05) is 31.2 Å². The number of unbranched alkanes of at least 4 members (excludes halogenated alkanes) is 1. The highest BCUT2D eigenvalue weighted by molar-refractivity contribution is 5.76. The van der Waals surface area contributed by atoms with Gasteiger partial charge in [-0.3, -0.25) is 4.79 Å². The lowest BCUT2D eigenvalue weighted by atomic mass is 9.93. The standard InChI is InChI=1S/C19H21FO3/c1-14-8-10-17(11-9-14)23-12-3-2-7-18(19(21)22)15-5-4-6-16(20)13-15/h4-6,8-11,13,18H,2-3,7,12H2,1H3,(H,21,22). The molecule has 0 spiro atoms. The first-order valence-corrected chi connectivity index (χ1v) is 7.74. The molecule has 2 rings (SSSR count). The smallest absolute Gasteiger partial charge is 0.310 e. The Morgan fingerprint density at radius 1 is 1.17 bits per heavy atom. The van der Waals surface area contributed by atoms with Crippen LogP contribution in [0.5, 0.6) is 5.75 Å². The molecule has 0 radical (unpaired) electrons. The fraction of sp³-hybridized carbons (Fsp3) is 0.316. The number of aryl methyl sites for hydroxylation is 1. The van der Waals surface area contributed by atoms with Crippen molar-refractivity contribution in [2.45, 2.75) is 32.1 Å². The molecule has 0 saturated heterocycles. The molecule has 0 bridgehead atoms. The van der Waals surface area contributed by atoms with Crippen LogP contribution in [0.25, 0.3) is 0 Å². The molecule has 2 aromatic rings. The molecule has 1 unspecified atom stereocenters. The van der Waals surface area contributed by atoms with Crippen LogP contribution in [0.3, 0.4) is 0 Å². The van der Waals surface area contributed by atoms with Crippen LogP contribution in [0.1, 0.15) is 36.3 Å². The number of benzene rings is 2. The fourth-order valence-corrected chi connectivity index (χ4v) is 2.43. The van der Waals surface area contributed by atoms with Crippen molar-refractivity contribution in [3.8, 4) is 5.75 Å². The zero-order chi connectivity index (χ0) is 16.7. The molecule has 0 fully saturated rings. The molecule has 1 atom stereocenters. The van der Waals surface area contributed by atoms with E-state index in [4.69, 9.17) is 4.74 Å². The summed E-state index contributed by atoms with van der Waals surface area (Å²) in [5.41, 5.74) is 1.69. The molecule has 122 valence electrons. The van der Waals surface area contributed by atoms with E-state index in [0.717, 1.165) is 12.2 Å². The minimum atomic E-state index is -0.921. The lowest BCUT2D eigenvalue weighted by Gasteiger charge is -2.13. The van der Waals surface area contributed by atoms with Crippen molar-refractivity contribution in [1.82, 2.24) is 0 Å². The predicted molar refractivity (Wildman–Crippen MR) is 87.3 cm³/mol. The summed E-state index contributed by atoms with van der Waals surface area (Å²) in [7, 11) is 0. The van der Waals surface area contributed by atoms with Gasteiger partial charge in [0.1, 0.15) is 11.6 Å². The van der Waals surface area contributed by atoms with Crippen LogP contribution < -0.4 is 4.74 Å². The lowest BCUT2D eigenvalue weighted by Crippen LogP contribution is -2.12. The molecule has 0 aliphatic rings. The van der Waals surface area contributed by atoms with Crippen LogP contribution in [0.15, 0.2) is 48.5 Å². The Hall–Kier alpha value is -2.36. The molecular weight excluding hydrogens is 295 g/mol. The SMILES string of the molecule is Cc1ccc(OCCCCC(C(=O)O)c2cccc(F)c2)cc1. The molecule has 3 nitrogen and oxygen atoms in total. The van der Waals surface area contributed by atoms with Gasteiger partial charge in [0.15, 0.2) is 0 Å². The fourth-order valence-electron chi connectivity index (χ4n) is 2.43. The zero-order valence-corrected chi connectivity index (χ0v) is 13.2. The summed E-state index contributed by atoms with van der Waals surface area (Å²) in [5, 5.41) is 9.32. The maximum Gasteiger partial charge on any atom is 0.310 e. The first-order chi connectivity index (χ1) is 11.1. The van der Waals surface area contributed by atoms with Gasteiger partial charge in [-0.05, 0) is 56.0 Å². The number of carboxylic acids is 1. The lowest BCUT2D eigenvalue weighted by molar-refractivity contribution is -0.139. The number of hydrogen-bond donors (Lipinski definition) is 1. The second-order valence-corrected chi connectivity index (χ2v) is 5.60. The minimum absolute atomic E-state index is 0.406. The van der Waals surface area contributed by atoms with Gasteiger partial charge in [-0.25, -0.2) is 4.39 Å². The van der Waals surface area contributed by atoms with Crippen LogP contribution in [0.2, 0.25) is 0 Å². The van der Waals surface area contributed by atoms with Gasteiger partial charge in [0.05, 0.1) is 12.5 Å². The quantitative estimate of drug-likeness (QED) is 0.727. The van der Waals surface area contributed by atoms with Gasteiger partial charge in [-0.15, -0.1) is 0 Å². The van der Waals surface area contributed by atoms with E-state index in [1.54, 1.807) is 12.1 Å². The monoisotopic (exact) mass is 316 g/mol.